The number of nitrogens with one attached hydrogen (secondary N) is 1. The number of halogens is 3. The minimum absolute atomic E-state index is 0.169. The fourth-order valence-electron chi connectivity index (χ4n) is 1.00. The average Bonchev–Trinajstić information content (AvgIpc) is 2.19. The third kappa shape index (κ3) is 4.83. The molecule has 1 aromatic carbocycles. The first-order valence-electron chi connectivity index (χ1n) is 4.46. The quantitative estimate of drug-likeness (QED) is 0.522. The number of carbonyl (C=O) groups excluding carboxylic acids is 1. The van der Waals surface area contributed by atoms with Crippen LogP contribution in [0, 0.1) is 0 Å². The number of carbonyl (C=O) groups is 1. The number of hydrogen-bond donors (Lipinski definition) is 1. The van der Waals surface area contributed by atoms with Crippen LogP contribution in [0.4, 0.5) is 0 Å². The second-order valence-electron chi connectivity index (χ2n) is 3.03. The van der Waals surface area contributed by atoms with Crippen LogP contribution in [0.25, 0.3) is 0 Å². The van der Waals surface area contributed by atoms with Crippen molar-refractivity contribution in [1.82, 2.24) is 5.32 Å². The van der Waals surface area contributed by atoms with Crippen molar-refractivity contribution in [2.24, 2.45) is 0 Å². The molecule has 1 N–H and O–H groups in total. The van der Waals surface area contributed by atoms with Crippen LogP contribution in [0.1, 0.15) is 6.92 Å². The maximum atomic E-state index is 10.9. The van der Waals surface area contributed by atoms with Gasteiger partial charge in [0.05, 0.1) is 0 Å². The zero-order valence-corrected chi connectivity index (χ0v) is 11.5. The molecule has 0 spiro atoms. The minimum Gasteiger partial charge on any atom is -0.342 e. The van der Waals surface area contributed by atoms with Crippen molar-refractivity contribution in [3.05, 3.63) is 29.3 Å². The second kappa shape index (κ2) is 6.60. The van der Waals surface area contributed by atoms with E-state index in [-0.39, 0.29) is 11.3 Å². The summed E-state index contributed by atoms with van der Waals surface area (Å²) in [5, 5.41) is 2.96. The van der Waals surface area contributed by atoms with E-state index in [0.29, 0.717) is 5.02 Å². The molecular formula is C10H10Cl3NOS. The van der Waals surface area contributed by atoms with Gasteiger partial charge in [0, 0.05) is 16.8 Å². The molecule has 0 unspecified atom stereocenters. The monoisotopic (exact) mass is 297 g/mol. The number of amides is 1. The van der Waals surface area contributed by atoms with E-state index >= 15 is 0 Å². The van der Waals surface area contributed by atoms with Gasteiger partial charge in [-0.3, -0.25) is 4.79 Å². The molecule has 0 saturated heterocycles. The predicted molar refractivity (Wildman–Crippen MR) is 70.4 cm³/mol. The summed E-state index contributed by atoms with van der Waals surface area (Å²) in [7, 11) is 0. The van der Waals surface area contributed by atoms with Crippen molar-refractivity contribution in [2.75, 3.05) is 0 Å². The Morgan fingerprint density at radius 1 is 1.31 bits per heavy atom. The fourth-order valence-corrected chi connectivity index (χ4v) is 2.48. The van der Waals surface area contributed by atoms with E-state index in [0.717, 1.165) is 4.90 Å². The molecule has 0 fully saturated rings. The second-order valence-corrected chi connectivity index (χ2v) is 5.84. The highest BCUT2D eigenvalue weighted by molar-refractivity contribution is 8.00. The predicted octanol–water partition coefficient (Wildman–Crippen LogP) is 3.70. The van der Waals surface area contributed by atoms with Gasteiger partial charge in [0.1, 0.15) is 10.2 Å². The van der Waals surface area contributed by atoms with Crippen LogP contribution in [0.5, 0.6) is 0 Å². The van der Waals surface area contributed by atoms with Crippen molar-refractivity contribution in [2.45, 2.75) is 22.0 Å². The Morgan fingerprint density at radius 2 is 1.88 bits per heavy atom. The van der Waals surface area contributed by atoms with Crippen LogP contribution in [0.15, 0.2) is 29.2 Å². The Morgan fingerprint density at radius 3 is 2.31 bits per heavy atom. The van der Waals surface area contributed by atoms with Gasteiger partial charge in [0.25, 0.3) is 0 Å². The fraction of sp³-hybridized carbons (Fsp3) is 0.300. The number of alkyl halides is 2. The van der Waals surface area contributed by atoms with Crippen LogP contribution in [-0.2, 0) is 4.79 Å². The first-order valence-corrected chi connectivity index (χ1v) is 6.59. The van der Waals surface area contributed by atoms with Gasteiger partial charge in [-0.25, -0.2) is 0 Å². The molecular weight excluding hydrogens is 289 g/mol. The molecule has 6 heteroatoms. The van der Waals surface area contributed by atoms with Crippen molar-refractivity contribution in [3.63, 3.8) is 0 Å². The van der Waals surface area contributed by atoms with Gasteiger partial charge in [-0.1, -0.05) is 23.4 Å². The largest absolute Gasteiger partial charge is 0.342 e. The van der Waals surface area contributed by atoms with E-state index in [9.17, 15) is 4.79 Å². The highest BCUT2D eigenvalue weighted by atomic mass is 35.5. The molecule has 0 bridgehead atoms. The van der Waals surface area contributed by atoms with Crippen molar-refractivity contribution in [3.8, 4) is 0 Å². The zero-order valence-electron chi connectivity index (χ0n) is 8.41. The van der Waals surface area contributed by atoms with Gasteiger partial charge < -0.3 is 5.32 Å². The molecule has 1 atom stereocenters. The highest BCUT2D eigenvalue weighted by Gasteiger charge is 2.19. The van der Waals surface area contributed by atoms with E-state index in [4.69, 9.17) is 34.8 Å². The highest BCUT2D eigenvalue weighted by Crippen LogP contribution is 2.28. The maximum absolute atomic E-state index is 10.9. The summed E-state index contributed by atoms with van der Waals surface area (Å²) < 4.78 is 0. The minimum atomic E-state index is -0.676. The maximum Gasteiger partial charge on any atom is 0.217 e. The lowest BCUT2D eigenvalue weighted by atomic mass is 10.4. The molecule has 0 saturated carbocycles. The first kappa shape index (κ1) is 14.0. The van der Waals surface area contributed by atoms with Gasteiger partial charge in [0.15, 0.2) is 0 Å². The molecule has 0 aliphatic carbocycles. The van der Waals surface area contributed by atoms with Crippen LogP contribution < -0.4 is 5.32 Å². The molecule has 88 valence electrons. The van der Waals surface area contributed by atoms with E-state index in [1.807, 2.05) is 12.1 Å². The molecule has 1 rings (SSSR count). The summed E-state index contributed by atoms with van der Waals surface area (Å²) >= 11 is 18.7. The molecule has 0 heterocycles. The molecule has 0 aromatic heterocycles. The van der Waals surface area contributed by atoms with Crippen molar-refractivity contribution >= 4 is 52.5 Å². The van der Waals surface area contributed by atoms with E-state index in [1.165, 1.54) is 18.7 Å². The zero-order chi connectivity index (χ0) is 12.1. The molecule has 1 amide bonds. The molecule has 0 aliphatic rings. The average molecular weight is 299 g/mol. The topological polar surface area (TPSA) is 29.1 Å². The van der Waals surface area contributed by atoms with Gasteiger partial charge in [-0.15, -0.1) is 23.2 Å². The molecule has 16 heavy (non-hydrogen) atoms. The summed E-state index contributed by atoms with van der Waals surface area (Å²) in [6, 6.07) is 7.23. The van der Waals surface area contributed by atoms with Gasteiger partial charge >= 0.3 is 0 Å². The Kier molecular flexibility index (Phi) is 5.76. The van der Waals surface area contributed by atoms with E-state index in [2.05, 4.69) is 5.32 Å². The number of hydrogen-bond acceptors (Lipinski definition) is 2. The first-order chi connectivity index (χ1) is 7.49. The summed E-state index contributed by atoms with van der Waals surface area (Å²) in [6.45, 7) is 1.42. The van der Waals surface area contributed by atoms with Crippen molar-refractivity contribution < 1.29 is 4.79 Å². The number of rotatable bonds is 4. The van der Waals surface area contributed by atoms with Crippen molar-refractivity contribution in [1.29, 1.82) is 0 Å². The van der Waals surface area contributed by atoms with Gasteiger partial charge in [-0.2, -0.15) is 0 Å². The van der Waals surface area contributed by atoms with Crippen LogP contribution in [-0.4, -0.2) is 16.1 Å². The standard InChI is InChI=1S/C10H10Cl3NOS/c1-6(15)14-10(9(12)13)16-8-4-2-7(11)3-5-8/h2-5,9-10H,1H3,(H,14,15)/t10-/m0/s1. The smallest absolute Gasteiger partial charge is 0.217 e. The Balaban J connectivity index is 2.67. The lowest BCUT2D eigenvalue weighted by molar-refractivity contribution is -0.119. The van der Waals surface area contributed by atoms with Crippen LogP contribution in [0.2, 0.25) is 5.02 Å². The third-order valence-electron chi connectivity index (χ3n) is 1.65. The van der Waals surface area contributed by atoms with Gasteiger partial charge in [-0.05, 0) is 24.3 Å². The summed E-state index contributed by atoms with van der Waals surface area (Å²) in [6.07, 6.45) is 0. The summed E-state index contributed by atoms with van der Waals surface area (Å²) in [5.74, 6) is -0.169. The lowest BCUT2D eigenvalue weighted by Gasteiger charge is -2.18. The number of benzene rings is 1. The van der Waals surface area contributed by atoms with Gasteiger partial charge in [0.2, 0.25) is 5.91 Å². The van der Waals surface area contributed by atoms with Crippen LogP contribution >= 0.6 is 46.6 Å². The normalized spacial score (nSPS) is 12.6. The molecule has 0 radical (unpaired) electrons. The summed E-state index contributed by atoms with van der Waals surface area (Å²) in [5.41, 5.74) is 0. The van der Waals surface area contributed by atoms with E-state index < -0.39 is 4.84 Å². The van der Waals surface area contributed by atoms with E-state index in [1.54, 1.807) is 12.1 Å². The Labute approximate surface area is 114 Å². The lowest BCUT2D eigenvalue weighted by Crippen LogP contribution is -2.35. The summed E-state index contributed by atoms with van der Waals surface area (Å²) in [4.78, 5) is 11.2. The van der Waals surface area contributed by atoms with Crippen LogP contribution in [0.3, 0.4) is 0 Å². The molecule has 0 aliphatic heterocycles. The number of thioether (sulfide) groups is 1. The molecule has 2 nitrogen and oxygen atoms in total. The SMILES string of the molecule is CC(=O)N[C@@H](Sc1ccc(Cl)cc1)C(Cl)Cl. The third-order valence-corrected chi connectivity index (χ3v) is 3.89. The Hall–Kier alpha value is -0.0900. The Bertz CT molecular complexity index is 356. The molecule has 1 aromatic rings.